The van der Waals surface area contributed by atoms with E-state index in [9.17, 15) is 4.79 Å². The van der Waals surface area contributed by atoms with Gasteiger partial charge in [0.1, 0.15) is 5.82 Å². The summed E-state index contributed by atoms with van der Waals surface area (Å²) in [6.07, 6.45) is 7.43. The van der Waals surface area contributed by atoms with Crippen molar-refractivity contribution in [2.24, 2.45) is 13.0 Å². The van der Waals surface area contributed by atoms with Crippen molar-refractivity contribution in [1.29, 1.82) is 0 Å². The zero-order valence-electron chi connectivity index (χ0n) is 17.6. The van der Waals surface area contributed by atoms with E-state index < -0.39 is 11.6 Å². The normalized spacial score (nSPS) is 16.8. The SMILES string of the molecule is CC(C)CN1CCC(F)(C(=O)Nc2cc3cc(-c4cnn(C)c4)cnc3cn2)CC1. The highest BCUT2D eigenvalue weighted by Crippen LogP contribution is 2.29. The predicted octanol–water partition coefficient (Wildman–Crippen LogP) is 3.43. The zero-order chi connectivity index (χ0) is 21.3. The highest BCUT2D eigenvalue weighted by Gasteiger charge is 2.41. The number of halogens is 1. The number of nitrogens with one attached hydrogen (secondary N) is 1. The largest absolute Gasteiger partial charge is 0.308 e. The van der Waals surface area contributed by atoms with E-state index in [0.29, 0.717) is 30.3 Å². The Morgan fingerprint density at radius 1 is 1.17 bits per heavy atom. The average molecular weight is 410 g/mol. The molecule has 1 N–H and O–H groups in total. The van der Waals surface area contributed by atoms with Crippen LogP contribution in [0.25, 0.3) is 22.0 Å². The highest BCUT2D eigenvalue weighted by molar-refractivity contribution is 5.98. The fourth-order valence-corrected chi connectivity index (χ4v) is 3.89. The Balaban J connectivity index is 1.48. The summed E-state index contributed by atoms with van der Waals surface area (Å²) in [5, 5.41) is 7.68. The van der Waals surface area contributed by atoms with Gasteiger partial charge in [-0.05, 0) is 18.1 Å². The minimum absolute atomic E-state index is 0.200. The van der Waals surface area contributed by atoms with Gasteiger partial charge in [0.25, 0.3) is 5.91 Å². The Morgan fingerprint density at radius 3 is 2.60 bits per heavy atom. The van der Waals surface area contributed by atoms with Crippen molar-refractivity contribution >= 4 is 22.6 Å². The minimum Gasteiger partial charge on any atom is -0.308 e. The lowest BCUT2D eigenvalue weighted by atomic mass is 9.92. The van der Waals surface area contributed by atoms with E-state index in [2.05, 4.69) is 39.1 Å². The van der Waals surface area contributed by atoms with E-state index in [1.807, 2.05) is 19.3 Å². The average Bonchev–Trinajstić information content (AvgIpc) is 3.15. The van der Waals surface area contributed by atoms with E-state index in [-0.39, 0.29) is 12.8 Å². The second-order valence-electron chi connectivity index (χ2n) is 8.50. The van der Waals surface area contributed by atoms with Crippen LogP contribution in [0.2, 0.25) is 0 Å². The van der Waals surface area contributed by atoms with Crippen molar-refractivity contribution in [1.82, 2.24) is 24.6 Å². The Labute approximate surface area is 175 Å². The van der Waals surface area contributed by atoms with Gasteiger partial charge >= 0.3 is 0 Å². The molecule has 0 saturated carbocycles. The third kappa shape index (κ3) is 4.33. The smallest absolute Gasteiger partial charge is 0.263 e. The van der Waals surface area contributed by atoms with Gasteiger partial charge in [-0.3, -0.25) is 14.5 Å². The van der Waals surface area contributed by atoms with Gasteiger partial charge in [0.2, 0.25) is 0 Å². The monoisotopic (exact) mass is 410 g/mol. The lowest BCUT2D eigenvalue weighted by molar-refractivity contribution is -0.130. The molecule has 1 aliphatic heterocycles. The second-order valence-corrected chi connectivity index (χ2v) is 8.50. The number of aryl methyl sites for hydroxylation is 1. The summed E-state index contributed by atoms with van der Waals surface area (Å²) in [4.78, 5) is 23.6. The van der Waals surface area contributed by atoms with Crippen molar-refractivity contribution in [3.63, 3.8) is 0 Å². The van der Waals surface area contributed by atoms with Crippen LogP contribution in [0.5, 0.6) is 0 Å². The molecule has 3 aromatic rings. The number of hydrogen-bond donors (Lipinski definition) is 1. The van der Waals surface area contributed by atoms with Crippen LogP contribution >= 0.6 is 0 Å². The number of carbonyl (C=O) groups excluding carboxylic acids is 1. The lowest BCUT2D eigenvalue weighted by Gasteiger charge is -2.36. The maximum Gasteiger partial charge on any atom is 0.263 e. The summed E-state index contributed by atoms with van der Waals surface area (Å²) in [7, 11) is 1.86. The number of fused-ring (bicyclic) bond motifs is 1. The molecule has 1 aliphatic rings. The van der Waals surface area contributed by atoms with Gasteiger partial charge in [0, 0.05) is 68.4 Å². The predicted molar refractivity (Wildman–Crippen MR) is 115 cm³/mol. The Hall–Kier alpha value is -2.87. The standard InChI is InChI=1S/C22H27FN6O/c1-15(2)13-29-6-4-22(23,5-7-29)21(30)27-20-9-16-8-17(10-24-19(16)12-25-20)18-11-26-28(3)14-18/h8-12,14-15H,4-7,13H2,1-3H3,(H,25,27,30). The van der Waals surface area contributed by atoms with Crippen molar-refractivity contribution in [2.45, 2.75) is 32.4 Å². The van der Waals surface area contributed by atoms with Gasteiger partial charge < -0.3 is 10.2 Å². The van der Waals surface area contributed by atoms with Crippen LogP contribution in [0.1, 0.15) is 26.7 Å². The van der Waals surface area contributed by atoms with Crippen LogP contribution in [0.15, 0.2) is 36.9 Å². The van der Waals surface area contributed by atoms with E-state index in [4.69, 9.17) is 0 Å². The molecule has 4 rings (SSSR count). The van der Waals surface area contributed by atoms with E-state index in [0.717, 1.165) is 23.1 Å². The molecule has 0 aliphatic carbocycles. The second kappa shape index (κ2) is 8.10. The van der Waals surface area contributed by atoms with Crippen molar-refractivity contribution in [3.8, 4) is 11.1 Å². The summed E-state index contributed by atoms with van der Waals surface area (Å²) >= 11 is 0. The minimum atomic E-state index is -1.86. The molecule has 4 heterocycles. The van der Waals surface area contributed by atoms with Crippen molar-refractivity contribution < 1.29 is 9.18 Å². The number of aromatic nitrogens is 4. The topological polar surface area (TPSA) is 75.9 Å². The molecule has 1 amide bonds. The first-order chi connectivity index (χ1) is 14.3. The van der Waals surface area contributed by atoms with E-state index >= 15 is 4.39 Å². The number of hydrogen-bond acceptors (Lipinski definition) is 5. The Kier molecular flexibility index (Phi) is 5.51. The van der Waals surface area contributed by atoms with Gasteiger partial charge in [0.15, 0.2) is 5.67 Å². The Morgan fingerprint density at radius 2 is 1.93 bits per heavy atom. The van der Waals surface area contributed by atoms with Crippen LogP contribution < -0.4 is 5.32 Å². The molecule has 3 aromatic heterocycles. The molecule has 0 bridgehead atoms. The Bertz CT molecular complexity index is 1050. The highest BCUT2D eigenvalue weighted by atomic mass is 19.1. The first-order valence-electron chi connectivity index (χ1n) is 10.3. The quantitative estimate of drug-likeness (QED) is 0.697. The van der Waals surface area contributed by atoms with Crippen LogP contribution in [0.3, 0.4) is 0 Å². The molecule has 0 aromatic carbocycles. The molecule has 7 nitrogen and oxygen atoms in total. The van der Waals surface area contributed by atoms with Crippen molar-refractivity contribution in [2.75, 3.05) is 25.0 Å². The lowest BCUT2D eigenvalue weighted by Crippen LogP contribution is -2.49. The van der Waals surface area contributed by atoms with Gasteiger partial charge in [0.05, 0.1) is 17.9 Å². The molecule has 0 atom stereocenters. The van der Waals surface area contributed by atoms with Gasteiger partial charge in [-0.15, -0.1) is 0 Å². The molecular weight excluding hydrogens is 383 g/mol. The third-order valence-electron chi connectivity index (χ3n) is 5.53. The first kappa shape index (κ1) is 20.4. The number of pyridine rings is 2. The summed E-state index contributed by atoms with van der Waals surface area (Å²) < 4.78 is 17.0. The number of alkyl halides is 1. The van der Waals surface area contributed by atoms with Gasteiger partial charge in [-0.2, -0.15) is 5.10 Å². The molecule has 1 fully saturated rings. The number of anilines is 1. The molecule has 8 heteroatoms. The summed E-state index contributed by atoms with van der Waals surface area (Å²) in [6, 6.07) is 3.70. The van der Waals surface area contributed by atoms with Gasteiger partial charge in [-0.25, -0.2) is 9.37 Å². The molecule has 1 saturated heterocycles. The molecule has 0 unspecified atom stereocenters. The molecular formula is C22H27FN6O. The maximum absolute atomic E-state index is 15.3. The van der Waals surface area contributed by atoms with Crippen molar-refractivity contribution in [3.05, 3.63) is 36.9 Å². The third-order valence-corrected chi connectivity index (χ3v) is 5.53. The first-order valence-corrected chi connectivity index (χ1v) is 10.3. The molecule has 0 spiro atoms. The van der Waals surface area contributed by atoms with Crippen LogP contribution in [0, 0.1) is 5.92 Å². The molecule has 158 valence electrons. The maximum atomic E-state index is 15.3. The summed E-state index contributed by atoms with van der Waals surface area (Å²) in [5.74, 6) is 0.243. The molecule has 0 radical (unpaired) electrons. The number of rotatable bonds is 5. The van der Waals surface area contributed by atoms with Crippen LogP contribution in [-0.4, -0.2) is 55.9 Å². The zero-order valence-corrected chi connectivity index (χ0v) is 17.6. The van der Waals surface area contributed by atoms with Crippen LogP contribution in [-0.2, 0) is 11.8 Å². The fourth-order valence-electron chi connectivity index (χ4n) is 3.89. The number of piperidine rings is 1. The van der Waals surface area contributed by atoms with E-state index in [1.54, 1.807) is 29.3 Å². The number of amides is 1. The molecule has 30 heavy (non-hydrogen) atoms. The fraction of sp³-hybridized carbons (Fsp3) is 0.455. The summed E-state index contributed by atoms with van der Waals surface area (Å²) in [6.45, 7) is 6.39. The summed E-state index contributed by atoms with van der Waals surface area (Å²) in [5.41, 5.74) is 0.709. The van der Waals surface area contributed by atoms with Crippen LogP contribution in [0.4, 0.5) is 10.2 Å². The number of carbonyl (C=O) groups is 1. The number of nitrogens with zero attached hydrogens (tertiary/aromatic N) is 5. The number of likely N-dealkylation sites (tertiary alicyclic amines) is 1. The van der Waals surface area contributed by atoms with Gasteiger partial charge in [-0.1, -0.05) is 13.8 Å². The van der Waals surface area contributed by atoms with E-state index in [1.165, 1.54) is 0 Å².